The van der Waals surface area contributed by atoms with Crippen LogP contribution in [0.2, 0.25) is 0 Å². The lowest BCUT2D eigenvalue weighted by Gasteiger charge is -2.38. The van der Waals surface area contributed by atoms with Crippen LogP contribution in [0.15, 0.2) is 36.7 Å². The van der Waals surface area contributed by atoms with Crippen LogP contribution in [0.1, 0.15) is 24.2 Å². The van der Waals surface area contributed by atoms with E-state index in [9.17, 15) is 4.79 Å². The van der Waals surface area contributed by atoms with Crippen LogP contribution < -0.4 is 15.2 Å². The third-order valence-corrected chi connectivity index (χ3v) is 5.02. The number of ether oxygens (including phenoxy) is 2. The first-order valence-electron chi connectivity index (χ1n) is 9.69. The maximum absolute atomic E-state index is 12.0. The van der Waals surface area contributed by atoms with E-state index in [1.165, 1.54) is 6.33 Å². The molecule has 0 bridgehead atoms. The van der Waals surface area contributed by atoms with Crippen molar-refractivity contribution >= 4 is 22.8 Å². The predicted octanol–water partition coefficient (Wildman–Crippen LogP) is 1.78. The van der Waals surface area contributed by atoms with E-state index in [4.69, 9.17) is 15.2 Å². The number of rotatable bonds is 4. The number of nitrogens with two attached hydrogens (primary N) is 1. The molecule has 31 heavy (non-hydrogen) atoms. The molecule has 0 spiro atoms. The SMILES string of the molecule is C/C=C/C(=O)N1CC(n2nc(C#Cc3cc(OC)cc(OC)c3)c3c(N)ncnc32)C1. The lowest BCUT2D eigenvalue weighted by Crippen LogP contribution is -2.50. The van der Waals surface area contributed by atoms with E-state index in [-0.39, 0.29) is 11.9 Å². The number of fused-ring (bicyclic) bond motifs is 1. The lowest BCUT2D eigenvalue weighted by atomic mass is 10.1. The molecular formula is C22H22N6O3. The average molecular weight is 418 g/mol. The van der Waals surface area contributed by atoms with Crippen LogP contribution in [0, 0.1) is 11.8 Å². The normalized spacial score (nSPS) is 13.7. The van der Waals surface area contributed by atoms with E-state index in [1.54, 1.807) is 42.0 Å². The van der Waals surface area contributed by atoms with Gasteiger partial charge >= 0.3 is 0 Å². The van der Waals surface area contributed by atoms with Crippen LogP contribution >= 0.6 is 0 Å². The summed E-state index contributed by atoms with van der Waals surface area (Å²) in [4.78, 5) is 22.2. The molecule has 158 valence electrons. The summed E-state index contributed by atoms with van der Waals surface area (Å²) in [6.45, 7) is 2.91. The summed E-state index contributed by atoms with van der Waals surface area (Å²) in [5.74, 6) is 7.75. The van der Waals surface area contributed by atoms with Crippen LogP contribution in [0.3, 0.4) is 0 Å². The molecule has 1 aliphatic heterocycles. The number of aromatic nitrogens is 4. The maximum Gasteiger partial charge on any atom is 0.246 e. The Labute approximate surface area is 179 Å². The van der Waals surface area contributed by atoms with Gasteiger partial charge in [0.2, 0.25) is 5.91 Å². The number of carbonyl (C=O) groups is 1. The molecule has 1 saturated heterocycles. The number of methoxy groups -OCH3 is 2. The first kappa shape index (κ1) is 20.2. The van der Waals surface area contributed by atoms with E-state index in [0.29, 0.717) is 52.7 Å². The molecule has 9 nitrogen and oxygen atoms in total. The summed E-state index contributed by atoms with van der Waals surface area (Å²) in [5, 5.41) is 5.25. The smallest absolute Gasteiger partial charge is 0.246 e. The van der Waals surface area contributed by atoms with Crippen molar-refractivity contribution in [3.63, 3.8) is 0 Å². The largest absolute Gasteiger partial charge is 0.497 e. The quantitative estimate of drug-likeness (QED) is 0.508. The molecule has 0 radical (unpaired) electrons. The van der Waals surface area contributed by atoms with Gasteiger partial charge in [0.05, 0.1) is 25.6 Å². The Kier molecular flexibility index (Phi) is 5.45. The zero-order valence-corrected chi connectivity index (χ0v) is 17.5. The molecule has 1 fully saturated rings. The summed E-state index contributed by atoms with van der Waals surface area (Å²) >= 11 is 0. The Morgan fingerprint density at radius 3 is 2.52 bits per heavy atom. The van der Waals surface area contributed by atoms with Crippen molar-refractivity contribution < 1.29 is 14.3 Å². The van der Waals surface area contributed by atoms with Gasteiger partial charge in [-0.15, -0.1) is 0 Å². The first-order valence-corrected chi connectivity index (χ1v) is 9.69. The molecule has 2 aromatic heterocycles. The molecule has 2 N–H and O–H groups in total. The highest BCUT2D eigenvalue weighted by Gasteiger charge is 2.33. The van der Waals surface area contributed by atoms with Gasteiger partial charge in [-0.3, -0.25) is 4.79 Å². The van der Waals surface area contributed by atoms with Crippen molar-refractivity contribution in [3.8, 4) is 23.3 Å². The van der Waals surface area contributed by atoms with Gasteiger partial charge in [0, 0.05) is 24.7 Å². The number of amides is 1. The lowest BCUT2D eigenvalue weighted by molar-refractivity contribution is -0.131. The highest BCUT2D eigenvalue weighted by Crippen LogP contribution is 2.28. The third kappa shape index (κ3) is 3.88. The maximum atomic E-state index is 12.0. The van der Waals surface area contributed by atoms with Crippen LogP contribution in [-0.4, -0.2) is 57.9 Å². The molecule has 1 amide bonds. The summed E-state index contributed by atoms with van der Waals surface area (Å²) in [6, 6.07) is 5.40. The van der Waals surface area contributed by atoms with Crippen LogP contribution in [-0.2, 0) is 4.79 Å². The zero-order valence-electron chi connectivity index (χ0n) is 17.5. The van der Waals surface area contributed by atoms with Gasteiger partial charge in [-0.2, -0.15) is 5.10 Å². The summed E-state index contributed by atoms with van der Waals surface area (Å²) in [6.07, 6.45) is 4.69. The van der Waals surface area contributed by atoms with Gasteiger partial charge in [0.15, 0.2) is 5.65 Å². The number of likely N-dealkylation sites (tertiary alicyclic amines) is 1. The van der Waals surface area contributed by atoms with Gasteiger partial charge in [-0.25, -0.2) is 14.6 Å². The van der Waals surface area contributed by atoms with Gasteiger partial charge in [-0.05, 0) is 31.1 Å². The molecule has 3 aromatic rings. The van der Waals surface area contributed by atoms with E-state index in [0.717, 1.165) is 0 Å². The number of nitrogen functional groups attached to an aromatic ring is 1. The Balaban J connectivity index is 1.70. The topological polar surface area (TPSA) is 108 Å². The van der Waals surface area contributed by atoms with Crippen molar-refractivity contribution in [1.29, 1.82) is 0 Å². The predicted molar refractivity (Wildman–Crippen MR) is 116 cm³/mol. The Bertz CT molecular complexity index is 1210. The number of carbonyl (C=O) groups excluding carboxylic acids is 1. The Morgan fingerprint density at radius 2 is 1.87 bits per heavy atom. The molecule has 0 unspecified atom stereocenters. The number of hydrogen-bond donors (Lipinski definition) is 1. The average Bonchev–Trinajstić information content (AvgIpc) is 3.10. The van der Waals surface area contributed by atoms with Gasteiger partial charge < -0.3 is 20.1 Å². The number of nitrogens with zero attached hydrogens (tertiary/aromatic N) is 5. The Hall–Kier alpha value is -4.06. The van der Waals surface area contributed by atoms with Crippen molar-refractivity contribution in [2.45, 2.75) is 13.0 Å². The fourth-order valence-corrected chi connectivity index (χ4v) is 3.39. The standard InChI is InChI=1S/C22H22N6O3/c1-4-5-19(29)27-11-15(12-27)28-22-20(21(23)24-13-25-22)18(26-28)7-6-14-8-16(30-2)10-17(9-14)31-3/h4-5,8-10,13,15H,11-12H2,1-3H3,(H2,23,24,25)/b5-4+. The van der Waals surface area contributed by atoms with Crippen LogP contribution in [0.25, 0.3) is 11.0 Å². The number of anilines is 1. The van der Waals surface area contributed by atoms with E-state index < -0.39 is 0 Å². The molecule has 9 heteroatoms. The molecule has 0 atom stereocenters. The van der Waals surface area contributed by atoms with Crippen molar-refractivity contribution in [3.05, 3.63) is 47.9 Å². The molecule has 1 aliphatic rings. The molecular weight excluding hydrogens is 396 g/mol. The van der Waals surface area contributed by atoms with E-state index in [1.807, 2.05) is 19.1 Å². The van der Waals surface area contributed by atoms with Gasteiger partial charge in [-0.1, -0.05) is 12.0 Å². The molecule has 1 aromatic carbocycles. The fraction of sp³-hybridized carbons (Fsp3) is 0.273. The second-order valence-corrected chi connectivity index (χ2v) is 7.00. The molecule has 3 heterocycles. The zero-order chi connectivity index (χ0) is 22.0. The number of benzene rings is 1. The van der Waals surface area contributed by atoms with Crippen molar-refractivity contribution in [2.24, 2.45) is 0 Å². The number of hydrogen-bond acceptors (Lipinski definition) is 7. The van der Waals surface area contributed by atoms with E-state index >= 15 is 0 Å². The molecule has 0 saturated carbocycles. The molecule has 0 aliphatic carbocycles. The monoisotopic (exact) mass is 418 g/mol. The van der Waals surface area contributed by atoms with Crippen LogP contribution in [0.4, 0.5) is 5.82 Å². The summed E-state index contributed by atoms with van der Waals surface area (Å²) < 4.78 is 12.4. The van der Waals surface area contributed by atoms with E-state index in [2.05, 4.69) is 26.9 Å². The second kappa shape index (κ2) is 8.36. The van der Waals surface area contributed by atoms with Crippen molar-refractivity contribution in [2.75, 3.05) is 33.0 Å². The van der Waals surface area contributed by atoms with Crippen LogP contribution in [0.5, 0.6) is 11.5 Å². The summed E-state index contributed by atoms with van der Waals surface area (Å²) in [7, 11) is 3.17. The minimum atomic E-state index is -0.0173. The minimum Gasteiger partial charge on any atom is -0.497 e. The van der Waals surface area contributed by atoms with Crippen molar-refractivity contribution in [1.82, 2.24) is 24.6 Å². The second-order valence-electron chi connectivity index (χ2n) is 7.00. The Morgan fingerprint density at radius 1 is 1.16 bits per heavy atom. The minimum absolute atomic E-state index is 0.00142. The van der Waals surface area contributed by atoms with Gasteiger partial charge in [0.1, 0.15) is 29.3 Å². The highest BCUT2D eigenvalue weighted by molar-refractivity contribution is 5.91. The number of allylic oxidation sites excluding steroid dienone is 1. The first-order chi connectivity index (χ1) is 15.0. The third-order valence-electron chi connectivity index (χ3n) is 5.02. The fourth-order valence-electron chi connectivity index (χ4n) is 3.39. The van der Waals surface area contributed by atoms with Gasteiger partial charge in [0.25, 0.3) is 0 Å². The molecule has 4 rings (SSSR count). The highest BCUT2D eigenvalue weighted by atomic mass is 16.5. The summed E-state index contributed by atoms with van der Waals surface area (Å²) in [5.41, 5.74) is 7.91.